The van der Waals surface area contributed by atoms with Gasteiger partial charge in [-0.3, -0.25) is 0 Å². The zero-order chi connectivity index (χ0) is 12.0. The Labute approximate surface area is 99.0 Å². The molecular weight excluding hydrogens is 204 g/mol. The summed E-state index contributed by atoms with van der Waals surface area (Å²) in [6, 6.07) is 0.527. The van der Waals surface area contributed by atoms with Crippen LogP contribution in [0.3, 0.4) is 0 Å². The van der Waals surface area contributed by atoms with Crippen molar-refractivity contribution in [1.82, 2.24) is 10.2 Å². The van der Waals surface area contributed by atoms with Crippen molar-refractivity contribution in [2.45, 2.75) is 38.3 Å². The molecule has 4 nitrogen and oxygen atoms in total. The highest BCUT2D eigenvalue weighted by atomic mass is 16.5. The van der Waals surface area contributed by atoms with E-state index < -0.39 is 5.60 Å². The molecule has 0 aromatic rings. The molecule has 0 aromatic carbocycles. The summed E-state index contributed by atoms with van der Waals surface area (Å²) in [4.78, 5) is 2.20. The van der Waals surface area contributed by atoms with E-state index in [2.05, 4.69) is 31.1 Å². The van der Waals surface area contributed by atoms with Gasteiger partial charge in [0.05, 0.1) is 5.60 Å². The van der Waals surface area contributed by atoms with E-state index in [0.29, 0.717) is 19.3 Å². The summed E-state index contributed by atoms with van der Waals surface area (Å²) in [5.41, 5.74) is -0.537. The van der Waals surface area contributed by atoms with E-state index >= 15 is 0 Å². The van der Waals surface area contributed by atoms with Crippen molar-refractivity contribution >= 4 is 0 Å². The fourth-order valence-electron chi connectivity index (χ4n) is 2.04. The summed E-state index contributed by atoms with van der Waals surface area (Å²) in [5.74, 6) is 0. The van der Waals surface area contributed by atoms with Crippen molar-refractivity contribution < 1.29 is 9.84 Å². The highest BCUT2D eigenvalue weighted by Gasteiger charge is 2.30. The summed E-state index contributed by atoms with van der Waals surface area (Å²) < 4.78 is 5.27. The lowest BCUT2D eigenvalue weighted by atomic mass is 9.94. The Bertz CT molecular complexity index is 191. The lowest BCUT2D eigenvalue weighted by Crippen LogP contribution is -2.47. The molecule has 4 heteroatoms. The quantitative estimate of drug-likeness (QED) is 0.696. The summed E-state index contributed by atoms with van der Waals surface area (Å²) in [6.45, 7) is 8.36. The topological polar surface area (TPSA) is 44.7 Å². The Hall–Kier alpha value is -0.160. The van der Waals surface area contributed by atoms with E-state index in [4.69, 9.17) is 4.74 Å². The number of nitrogens with one attached hydrogen (secondary N) is 1. The molecule has 0 amide bonds. The largest absolute Gasteiger partial charge is 0.388 e. The number of nitrogens with zero attached hydrogens (tertiary/aromatic N) is 1. The van der Waals surface area contributed by atoms with Gasteiger partial charge in [-0.1, -0.05) is 13.8 Å². The van der Waals surface area contributed by atoms with E-state index in [1.807, 2.05) is 0 Å². The first-order valence-corrected chi connectivity index (χ1v) is 6.24. The zero-order valence-corrected chi connectivity index (χ0v) is 10.8. The predicted molar refractivity (Wildman–Crippen MR) is 65.6 cm³/mol. The molecule has 1 rings (SSSR count). The van der Waals surface area contributed by atoms with Gasteiger partial charge in [0.1, 0.15) is 0 Å². The minimum absolute atomic E-state index is 0.527. The Morgan fingerprint density at radius 1 is 1.38 bits per heavy atom. The standard InChI is InChI=1S/C12H26N2O2/c1-11(2)13-6-7-14(3)10-12(15)4-8-16-9-5-12/h11,13,15H,4-10H2,1-3H3. The number of ether oxygens (including phenoxy) is 1. The average Bonchev–Trinajstić information content (AvgIpc) is 2.17. The number of hydrogen-bond donors (Lipinski definition) is 2. The Balaban J connectivity index is 2.19. The molecule has 0 aliphatic carbocycles. The maximum absolute atomic E-state index is 10.3. The van der Waals surface area contributed by atoms with Crippen molar-refractivity contribution in [3.63, 3.8) is 0 Å². The fourth-order valence-corrected chi connectivity index (χ4v) is 2.04. The van der Waals surface area contributed by atoms with E-state index in [1.54, 1.807) is 0 Å². The highest BCUT2D eigenvalue weighted by molar-refractivity contribution is 4.84. The van der Waals surface area contributed by atoms with Crippen LogP contribution in [-0.2, 0) is 4.74 Å². The first-order chi connectivity index (χ1) is 7.52. The molecule has 1 aliphatic heterocycles. The normalized spacial score (nSPS) is 20.6. The Kier molecular flexibility index (Phi) is 5.69. The molecule has 0 unspecified atom stereocenters. The Morgan fingerprint density at radius 3 is 2.56 bits per heavy atom. The molecule has 1 aliphatic rings. The van der Waals surface area contributed by atoms with Gasteiger partial charge in [0.25, 0.3) is 0 Å². The van der Waals surface area contributed by atoms with Gasteiger partial charge in [-0.25, -0.2) is 0 Å². The van der Waals surface area contributed by atoms with Gasteiger partial charge in [-0.2, -0.15) is 0 Å². The van der Waals surface area contributed by atoms with Gasteiger partial charge in [0, 0.05) is 51.7 Å². The van der Waals surface area contributed by atoms with E-state index in [1.165, 1.54) is 0 Å². The van der Waals surface area contributed by atoms with Gasteiger partial charge >= 0.3 is 0 Å². The smallest absolute Gasteiger partial charge is 0.0817 e. The molecule has 0 radical (unpaired) electrons. The monoisotopic (exact) mass is 230 g/mol. The third kappa shape index (κ3) is 5.25. The summed E-state index contributed by atoms with van der Waals surface area (Å²) >= 11 is 0. The van der Waals surface area contributed by atoms with Crippen molar-refractivity contribution in [1.29, 1.82) is 0 Å². The lowest BCUT2D eigenvalue weighted by molar-refractivity contribution is -0.0766. The molecule has 0 atom stereocenters. The van der Waals surface area contributed by atoms with E-state index in [0.717, 1.165) is 32.5 Å². The number of aliphatic hydroxyl groups is 1. The number of likely N-dealkylation sites (N-methyl/N-ethyl adjacent to an activating group) is 1. The molecule has 1 saturated heterocycles. The van der Waals surface area contributed by atoms with Crippen LogP contribution in [0.4, 0.5) is 0 Å². The van der Waals surface area contributed by atoms with Crippen LogP contribution in [0.15, 0.2) is 0 Å². The molecular formula is C12H26N2O2. The molecule has 0 aromatic heterocycles. The maximum Gasteiger partial charge on any atom is 0.0817 e. The van der Waals surface area contributed by atoms with Gasteiger partial charge < -0.3 is 20.1 Å². The van der Waals surface area contributed by atoms with Crippen LogP contribution in [0.2, 0.25) is 0 Å². The van der Waals surface area contributed by atoms with Gasteiger partial charge in [-0.05, 0) is 7.05 Å². The second-order valence-electron chi connectivity index (χ2n) is 5.18. The first kappa shape index (κ1) is 13.9. The van der Waals surface area contributed by atoms with Crippen LogP contribution in [0.1, 0.15) is 26.7 Å². The highest BCUT2D eigenvalue weighted by Crippen LogP contribution is 2.20. The summed E-state index contributed by atoms with van der Waals surface area (Å²) in [5, 5.41) is 13.7. The second-order valence-corrected chi connectivity index (χ2v) is 5.18. The molecule has 16 heavy (non-hydrogen) atoms. The average molecular weight is 230 g/mol. The molecule has 0 saturated carbocycles. The van der Waals surface area contributed by atoms with Crippen molar-refractivity contribution in [2.24, 2.45) is 0 Å². The molecule has 1 heterocycles. The molecule has 0 bridgehead atoms. The van der Waals surface area contributed by atoms with Crippen LogP contribution in [0.25, 0.3) is 0 Å². The number of hydrogen-bond acceptors (Lipinski definition) is 4. The number of rotatable bonds is 6. The van der Waals surface area contributed by atoms with Crippen LogP contribution < -0.4 is 5.32 Å². The van der Waals surface area contributed by atoms with Gasteiger partial charge in [0.2, 0.25) is 0 Å². The first-order valence-electron chi connectivity index (χ1n) is 6.24. The van der Waals surface area contributed by atoms with Gasteiger partial charge in [-0.15, -0.1) is 0 Å². The minimum atomic E-state index is -0.537. The van der Waals surface area contributed by atoms with Crippen LogP contribution in [0, 0.1) is 0 Å². The van der Waals surface area contributed by atoms with Crippen molar-refractivity contribution in [3.8, 4) is 0 Å². The van der Waals surface area contributed by atoms with Crippen LogP contribution >= 0.6 is 0 Å². The SMILES string of the molecule is CC(C)NCCN(C)CC1(O)CCOCC1. The summed E-state index contributed by atoms with van der Waals surface area (Å²) in [7, 11) is 2.06. The predicted octanol–water partition coefficient (Wildman–Crippen LogP) is 0.458. The maximum atomic E-state index is 10.3. The van der Waals surface area contributed by atoms with E-state index in [-0.39, 0.29) is 0 Å². The third-order valence-electron chi connectivity index (χ3n) is 3.03. The zero-order valence-electron chi connectivity index (χ0n) is 10.8. The second kappa shape index (κ2) is 6.55. The molecule has 0 spiro atoms. The molecule has 96 valence electrons. The van der Waals surface area contributed by atoms with Crippen molar-refractivity contribution in [3.05, 3.63) is 0 Å². The molecule has 2 N–H and O–H groups in total. The van der Waals surface area contributed by atoms with Gasteiger partial charge in [0.15, 0.2) is 0 Å². The molecule has 1 fully saturated rings. The minimum Gasteiger partial charge on any atom is -0.388 e. The Morgan fingerprint density at radius 2 is 2.00 bits per heavy atom. The summed E-state index contributed by atoms with van der Waals surface area (Å²) in [6.07, 6.45) is 1.52. The van der Waals surface area contributed by atoms with Crippen LogP contribution in [-0.4, -0.2) is 61.5 Å². The third-order valence-corrected chi connectivity index (χ3v) is 3.03. The van der Waals surface area contributed by atoms with Crippen LogP contribution in [0.5, 0.6) is 0 Å². The lowest BCUT2D eigenvalue weighted by Gasteiger charge is -2.35. The van der Waals surface area contributed by atoms with E-state index in [9.17, 15) is 5.11 Å². The fraction of sp³-hybridized carbons (Fsp3) is 1.00. The van der Waals surface area contributed by atoms with Crippen molar-refractivity contribution in [2.75, 3.05) is 39.9 Å².